The first-order valence-electron chi connectivity index (χ1n) is 5.22. The van der Waals surface area contributed by atoms with Gasteiger partial charge in [-0.25, -0.2) is 0 Å². The highest BCUT2D eigenvalue weighted by Gasteiger charge is 2.03. The van der Waals surface area contributed by atoms with E-state index in [4.69, 9.17) is 16.1 Å². The monoisotopic (exact) mass is 314 g/mol. The largest absolute Gasteiger partial charge is 0.360 e. The van der Waals surface area contributed by atoms with E-state index in [-0.39, 0.29) is 0 Å². The Bertz CT molecular complexity index is 513. The molecule has 5 heteroatoms. The lowest BCUT2D eigenvalue weighted by atomic mass is 10.2. The van der Waals surface area contributed by atoms with Crippen molar-refractivity contribution in [3.05, 3.63) is 50.8 Å². The van der Waals surface area contributed by atoms with Gasteiger partial charge in [0.1, 0.15) is 0 Å². The van der Waals surface area contributed by atoms with Crippen LogP contribution in [0.4, 0.5) is 0 Å². The quantitative estimate of drug-likeness (QED) is 0.935. The molecule has 1 aromatic carbocycles. The lowest BCUT2D eigenvalue weighted by Gasteiger charge is -2.05. The second-order valence-corrected chi connectivity index (χ2v) is 5.10. The summed E-state index contributed by atoms with van der Waals surface area (Å²) in [6.45, 7) is 3.25. The van der Waals surface area contributed by atoms with E-state index in [0.29, 0.717) is 13.1 Å². The maximum atomic E-state index is 6.11. The van der Waals surface area contributed by atoms with Crippen LogP contribution in [0.2, 0.25) is 5.02 Å². The summed E-state index contributed by atoms with van der Waals surface area (Å²) in [4.78, 5) is 0. The SMILES string of the molecule is Cc1cc(CNCc2ccc(Br)cc2Cl)on1. The molecule has 3 nitrogen and oxygen atoms in total. The second kappa shape index (κ2) is 5.67. The van der Waals surface area contributed by atoms with Crippen LogP contribution in [-0.2, 0) is 13.1 Å². The van der Waals surface area contributed by atoms with Gasteiger partial charge in [0.05, 0.1) is 12.2 Å². The zero-order valence-electron chi connectivity index (χ0n) is 9.34. The van der Waals surface area contributed by atoms with Gasteiger partial charge in [-0.05, 0) is 24.6 Å². The fourth-order valence-corrected chi connectivity index (χ4v) is 2.23. The number of nitrogens with zero attached hydrogens (tertiary/aromatic N) is 1. The molecule has 0 fully saturated rings. The number of benzene rings is 1. The highest BCUT2D eigenvalue weighted by atomic mass is 79.9. The summed E-state index contributed by atoms with van der Waals surface area (Å²) < 4.78 is 6.08. The lowest BCUT2D eigenvalue weighted by Crippen LogP contribution is -2.12. The van der Waals surface area contributed by atoms with E-state index in [9.17, 15) is 0 Å². The molecule has 0 bridgehead atoms. The first-order chi connectivity index (χ1) is 8.15. The molecule has 0 saturated heterocycles. The van der Waals surface area contributed by atoms with Gasteiger partial charge in [-0.1, -0.05) is 38.8 Å². The van der Waals surface area contributed by atoms with Gasteiger partial charge < -0.3 is 9.84 Å². The van der Waals surface area contributed by atoms with Gasteiger partial charge in [0.2, 0.25) is 0 Å². The first kappa shape index (κ1) is 12.6. The van der Waals surface area contributed by atoms with Crippen molar-refractivity contribution in [1.82, 2.24) is 10.5 Å². The van der Waals surface area contributed by atoms with Gasteiger partial charge in [-0.2, -0.15) is 0 Å². The predicted octanol–water partition coefficient (Wildman–Crippen LogP) is 3.69. The summed E-state index contributed by atoms with van der Waals surface area (Å²) in [7, 11) is 0. The fraction of sp³-hybridized carbons (Fsp3) is 0.250. The highest BCUT2D eigenvalue weighted by Crippen LogP contribution is 2.21. The van der Waals surface area contributed by atoms with Crippen molar-refractivity contribution in [2.75, 3.05) is 0 Å². The van der Waals surface area contributed by atoms with Crippen LogP contribution in [0.3, 0.4) is 0 Å². The molecule has 0 unspecified atom stereocenters. The van der Waals surface area contributed by atoms with Crippen LogP contribution in [0.1, 0.15) is 17.0 Å². The Kier molecular flexibility index (Phi) is 4.20. The number of hydrogen-bond donors (Lipinski definition) is 1. The number of rotatable bonds is 4. The third-order valence-corrected chi connectivity index (χ3v) is 3.15. The molecule has 1 heterocycles. The molecule has 2 aromatic rings. The van der Waals surface area contributed by atoms with Crippen LogP contribution in [0, 0.1) is 6.92 Å². The van der Waals surface area contributed by atoms with Crippen LogP contribution in [-0.4, -0.2) is 5.16 Å². The molecule has 0 saturated carbocycles. The summed E-state index contributed by atoms with van der Waals surface area (Å²) in [5.74, 6) is 0.829. The fourth-order valence-electron chi connectivity index (χ4n) is 1.49. The van der Waals surface area contributed by atoms with E-state index >= 15 is 0 Å². The van der Waals surface area contributed by atoms with Crippen molar-refractivity contribution in [2.24, 2.45) is 0 Å². The minimum absolute atomic E-state index is 0.646. The Hall–Kier alpha value is -0.840. The van der Waals surface area contributed by atoms with Gasteiger partial charge in [0, 0.05) is 22.1 Å². The van der Waals surface area contributed by atoms with Gasteiger partial charge in [-0.3, -0.25) is 0 Å². The molecule has 0 aliphatic heterocycles. The van der Waals surface area contributed by atoms with Crippen molar-refractivity contribution in [2.45, 2.75) is 20.0 Å². The third kappa shape index (κ3) is 3.56. The van der Waals surface area contributed by atoms with E-state index < -0.39 is 0 Å². The Morgan fingerprint density at radius 2 is 2.18 bits per heavy atom. The molecule has 0 atom stereocenters. The second-order valence-electron chi connectivity index (χ2n) is 3.77. The van der Waals surface area contributed by atoms with Gasteiger partial charge in [0.25, 0.3) is 0 Å². The lowest BCUT2D eigenvalue weighted by molar-refractivity contribution is 0.369. The molecule has 17 heavy (non-hydrogen) atoms. The van der Waals surface area contributed by atoms with Crippen LogP contribution in [0.5, 0.6) is 0 Å². The van der Waals surface area contributed by atoms with Crippen LogP contribution >= 0.6 is 27.5 Å². The van der Waals surface area contributed by atoms with Gasteiger partial charge in [0.15, 0.2) is 5.76 Å². The molecular weight excluding hydrogens is 304 g/mol. The maximum Gasteiger partial charge on any atom is 0.150 e. The van der Waals surface area contributed by atoms with Crippen molar-refractivity contribution in [3.8, 4) is 0 Å². The summed E-state index contributed by atoms with van der Waals surface area (Å²) in [6.07, 6.45) is 0. The molecule has 2 rings (SSSR count). The van der Waals surface area contributed by atoms with Gasteiger partial charge in [-0.15, -0.1) is 0 Å². The summed E-state index contributed by atoms with van der Waals surface area (Å²) in [6, 6.07) is 7.76. The predicted molar refractivity (Wildman–Crippen MR) is 70.9 cm³/mol. The number of aryl methyl sites for hydroxylation is 1. The molecule has 0 aliphatic rings. The molecule has 0 aliphatic carbocycles. The zero-order chi connectivity index (χ0) is 12.3. The van der Waals surface area contributed by atoms with E-state index in [1.165, 1.54) is 0 Å². The smallest absolute Gasteiger partial charge is 0.150 e. The number of nitrogens with one attached hydrogen (secondary N) is 1. The van der Waals surface area contributed by atoms with Crippen LogP contribution < -0.4 is 5.32 Å². The first-order valence-corrected chi connectivity index (χ1v) is 6.39. The van der Waals surface area contributed by atoms with E-state index in [1.807, 2.05) is 31.2 Å². The average molecular weight is 316 g/mol. The highest BCUT2D eigenvalue weighted by molar-refractivity contribution is 9.10. The van der Waals surface area contributed by atoms with Crippen LogP contribution in [0.15, 0.2) is 33.3 Å². The van der Waals surface area contributed by atoms with E-state index in [1.54, 1.807) is 0 Å². The van der Waals surface area contributed by atoms with Crippen molar-refractivity contribution >= 4 is 27.5 Å². The summed E-state index contributed by atoms with van der Waals surface area (Å²) in [5.41, 5.74) is 1.95. The molecule has 1 N–H and O–H groups in total. The minimum Gasteiger partial charge on any atom is -0.360 e. The van der Waals surface area contributed by atoms with Crippen LogP contribution in [0.25, 0.3) is 0 Å². The van der Waals surface area contributed by atoms with E-state index in [2.05, 4.69) is 26.4 Å². The Morgan fingerprint density at radius 1 is 1.35 bits per heavy atom. The topological polar surface area (TPSA) is 38.1 Å². The van der Waals surface area contributed by atoms with Crippen molar-refractivity contribution < 1.29 is 4.52 Å². The van der Waals surface area contributed by atoms with Crippen molar-refractivity contribution in [3.63, 3.8) is 0 Å². The van der Waals surface area contributed by atoms with E-state index in [0.717, 1.165) is 26.5 Å². The number of halogens is 2. The standard InChI is InChI=1S/C12H12BrClN2O/c1-8-4-11(17-16-8)7-15-6-9-2-3-10(13)5-12(9)14/h2-5,15H,6-7H2,1H3. The molecule has 1 aromatic heterocycles. The third-order valence-electron chi connectivity index (χ3n) is 2.31. The number of hydrogen-bond acceptors (Lipinski definition) is 3. The Morgan fingerprint density at radius 3 is 2.82 bits per heavy atom. The number of aromatic nitrogens is 1. The minimum atomic E-state index is 0.646. The molecule has 90 valence electrons. The average Bonchev–Trinajstić information content (AvgIpc) is 2.68. The Balaban J connectivity index is 1.90. The molecule has 0 spiro atoms. The molecular formula is C12H12BrClN2O. The van der Waals surface area contributed by atoms with Gasteiger partial charge >= 0.3 is 0 Å². The Labute approximate surface area is 113 Å². The zero-order valence-corrected chi connectivity index (χ0v) is 11.7. The molecule has 0 radical (unpaired) electrons. The normalized spacial score (nSPS) is 10.8. The maximum absolute atomic E-state index is 6.11. The summed E-state index contributed by atoms with van der Waals surface area (Å²) in [5, 5.41) is 7.83. The van der Waals surface area contributed by atoms with Crippen molar-refractivity contribution in [1.29, 1.82) is 0 Å². The summed E-state index contributed by atoms with van der Waals surface area (Å²) >= 11 is 9.49. The molecule has 0 amide bonds.